The minimum absolute atomic E-state index is 0.311. The third-order valence-corrected chi connectivity index (χ3v) is 4.34. The van der Waals surface area contributed by atoms with E-state index in [9.17, 15) is 4.57 Å². The van der Waals surface area contributed by atoms with E-state index in [1.165, 1.54) is 13.4 Å². The molecule has 100 valence electrons. The van der Waals surface area contributed by atoms with Crippen LogP contribution in [0.4, 0.5) is 0 Å². The van der Waals surface area contributed by atoms with Gasteiger partial charge in [0.2, 0.25) is 0 Å². The number of methoxy groups -OCH3 is 1. The monoisotopic (exact) mass is 270 g/mol. The molecule has 4 nitrogen and oxygen atoms in total. The van der Waals surface area contributed by atoms with Gasteiger partial charge in [-0.05, 0) is 19.4 Å². The summed E-state index contributed by atoms with van der Waals surface area (Å²) in [6.07, 6.45) is 1.42. The Bertz CT molecular complexity index is 418. The molecule has 0 aromatic heterocycles. The Morgan fingerprint density at radius 2 is 1.72 bits per heavy atom. The van der Waals surface area contributed by atoms with E-state index in [1.54, 1.807) is 13.8 Å². The first-order valence-electron chi connectivity index (χ1n) is 5.86. The summed E-state index contributed by atoms with van der Waals surface area (Å²) >= 11 is 0. The lowest BCUT2D eigenvalue weighted by Crippen LogP contribution is -1.99. The zero-order valence-electron chi connectivity index (χ0n) is 11.0. The lowest BCUT2D eigenvalue weighted by Gasteiger charge is -2.19. The summed E-state index contributed by atoms with van der Waals surface area (Å²) in [7, 11) is -1.83. The van der Waals surface area contributed by atoms with E-state index < -0.39 is 7.60 Å². The summed E-state index contributed by atoms with van der Waals surface area (Å²) in [5, 5.41) is 0.439. The minimum atomic E-state index is -3.33. The van der Waals surface area contributed by atoms with Gasteiger partial charge in [0, 0.05) is 0 Å². The number of hydrogen-bond acceptors (Lipinski definition) is 4. The third-order valence-electron chi connectivity index (χ3n) is 2.19. The molecule has 1 aromatic carbocycles. The molecule has 0 aliphatic carbocycles. The van der Waals surface area contributed by atoms with Gasteiger partial charge < -0.3 is 13.8 Å². The highest BCUT2D eigenvalue weighted by Gasteiger charge is 2.31. The highest BCUT2D eigenvalue weighted by Crippen LogP contribution is 2.60. The van der Waals surface area contributed by atoms with E-state index in [1.807, 2.05) is 30.3 Å². The van der Waals surface area contributed by atoms with Crippen LogP contribution in [0.15, 0.2) is 36.6 Å². The van der Waals surface area contributed by atoms with Gasteiger partial charge in [0.05, 0.1) is 26.6 Å². The van der Waals surface area contributed by atoms with Crippen LogP contribution in [0.5, 0.6) is 0 Å². The van der Waals surface area contributed by atoms with Crippen molar-refractivity contribution in [3.05, 3.63) is 42.2 Å². The first-order chi connectivity index (χ1) is 8.68. The van der Waals surface area contributed by atoms with Crippen molar-refractivity contribution < 1.29 is 18.3 Å². The number of benzene rings is 1. The van der Waals surface area contributed by atoms with Crippen molar-refractivity contribution >= 4 is 12.9 Å². The van der Waals surface area contributed by atoms with Gasteiger partial charge in [-0.2, -0.15) is 0 Å². The molecule has 0 heterocycles. The first-order valence-corrected chi connectivity index (χ1v) is 7.40. The Kier molecular flexibility index (Phi) is 6.13. The zero-order valence-corrected chi connectivity index (χ0v) is 11.9. The lowest BCUT2D eigenvalue weighted by atomic mass is 10.2. The molecule has 0 saturated carbocycles. The van der Waals surface area contributed by atoms with Crippen LogP contribution in [0.1, 0.15) is 19.4 Å². The average Bonchev–Trinajstić information content (AvgIpc) is 2.37. The molecule has 0 N–H and O–H groups in total. The van der Waals surface area contributed by atoms with Crippen LogP contribution in [-0.2, 0) is 18.3 Å². The van der Waals surface area contributed by atoms with Crippen molar-refractivity contribution in [1.82, 2.24) is 0 Å². The average molecular weight is 270 g/mol. The molecule has 0 aliphatic heterocycles. The van der Waals surface area contributed by atoms with Crippen LogP contribution in [0.2, 0.25) is 0 Å². The quantitative estimate of drug-likeness (QED) is 0.557. The van der Waals surface area contributed by atoms with Gasteiger partial charge in [-0.25, -0.2) is 0 Å². The Morgan fingerprint density at radius 1 is 1.17 bits per heavy atom. The van der Waals surface area contributed by atoms with Crippen molar-refractivity contribution in [3.8, 4) is 0 Å². The maximum absolute atomic E-state index is 12.7. The fourth-order valence-electron chi connectivity index (χ4n) is 1.53. The second kappa shape index (κ2) is 7.37. The molecule has 18 heavy (non-hydrogen) atoms. The van der Waals surface area contributed by atoms with Crippen molar-refractivity contribution in [2.45, 2.75) is 13.8 Å². The molecule has 1 rings (SSSR count). The predicted octanol–water partition coefficient (Wildman–Crippen LogP) is 3.90. The predicted molar refractivity (Wildman–Crippen MR) is 72.3 cm³/mol. The van der Waals surface area contributed by atoms with Gasteiger partial charge in [0.1, 0.15) is 5.31 Å². The molecule has 0 saturated heterocycles. The van der Waals surface area contributed by atoms with Gasteiger partial charge in [-0.3, -0.25) is 4.57 Å². The first kappa shape index (κ1) is 15.0. The fourth-order valence-corrected chi connectivity index (χ4v) is 3.26. The Balaban J connectivity index is 3.18. The molecular formula is C13H19O4P. The van der Waals surface area contributed by atoms with E-state index in [4.69, 9.17) is 13.8 Å². The molecular weight excluding hydrogens is 251 g/mol. The molecule has 0 atom stereocenters. The highest BCUT2D eigenvalue weighted by molar-refractivity contribution is 7.65. The van der Waals surface area contributed by atoms with Crippen LogP contribution in [0.25, 0.3) is 5.31 Å². The smallest absolute Gasteiger partial charge is 0.365 e. The fraction of sp³-hybridized carbons (Fsp3) is 0.385. The largest absolute Gasteiger partial charge is 0.503 e. The summed E-state index contributed by atoms with van der Waals surface area (Å²) in [5.41, 5.74) is 0.768. The molecule has 0 unspecified atom stereocenters. The standard InChI is InChI=1S/C13H19O4P/c1-4-16-18(14,17-5-2)13(11-15-3)12-9-7-6-8-10-12/h6-11H,4-5H2,1-3H3/b13-11+. The van der Waals surface area contributed by atoms with E-state index in [0.29, 0.717) is 18.5 Å². The summed E-state index contributed by atoms with van der Waals surface area (Å²) < 4.78 is 28.4. The Labute approximate surface area is 108 Å². The van der Waals surface area contributed by atoms with E-state index >= 15 is 0 Å². The molecule has 0 amide bonds. The summed E-state index contributed by atoms with van der Waals surface area (Å²) in [4.78, 5) is 0. The Morgan fingerprint density at radius 3 is 2.17 bits per heavy atom. The molecule has 0 spiro atoms. The number of ether oxygens (including phenoxy) is 1. The normalized spacial score (nSPS) is 12.5. The molecule has 0 aliphatic rings. The van der Waals surface area contributed by atoms with Crippen LogP contribution in [0, 0.1) is 0 Å². The summed E-state index contributed by atoms with van der Waals surface area (Å²) in [5.74, 6) is 0. The van der Waals surface area contributed by atoms with Crippen LogP contribution < -0.4 is 0 Å². The summed E-state index contributed by atoms with van der Waals surface area (Å²) in [6.45, 7) is 4.18. The van der Waals surface area contributed by atoms with Crippen LogP contribution >= 0.6 is 7.60 Å². The SMILES string of the molecule is CCOP(=O)(OCC)/C(=C/OC)c1ccccc1. The second-order valence-corrected chi connectivity index (χ2v) is 5.43. The van der Waals surface area contributed by atoms with E-state index in [2.05, 4.69) is 0 Å². The summed E-state index contributed by atoms with van der Waals surface area (Å²) in [6, 6.07) is 9.30. The topological polar surface area (TPSA) is 44.8 Å². The van der Waals surface area contributed by atoms with Crippen molar-refractivity contribution in [3.63, 3.8) is 0 Å². The zero-order chi connectivity index (χ0) is 13.4. The molecule has 0 bridgehead atoms. The van der Waals surface area contributed by atoms with Crippen molar-refractivity contribution in [2.75, 3.05) is 20.3 Å². The van der Waals surface area contributed by atoms with Gasteiger partial charge in [-0.15, -0.1) is 0 Å². The number of hydrogen-bond donors (Lipinski definition) is 0. The molecule has 1 aromatic rings. The lowest BCUT2D eigenvalue weighted by molar-refractivity contribution is 0.229. The molecule has 0 fully saturated rings. The van der Waals surface area contributed by atoms with Gasteiger partial charge in [0.25, 0.3) is 0 Å². The third kappa shape index (κ3) is 3.70. The van der Waals surface area contributed by atoms with Gasteiger partial charge in [0.15, 0.2) is 0 Å². The molecule has 0 radical (unpaired) electrons. The molecule has 5 heteroatoms. The highest BCUT2D eigenvalue weighted by atomic mass is 31.2. The van der Waals surface area contributed by atoms with E-state index in [-0.39, 0.29) is 0 Å². The van der Waals surface area contributed by atoms with Gasteiger partial charge in [-0.1, -0.05) is 30.3 Å². The van der Waals surface area contributed by atoms with Crippen molar-refractivity contribution in [2.24, 2.45) is 0 Å². The van der Waals surface area contributed by atoms with Crippen LogP contribution in [0.3, 0.4) is 0 Å². The van der Waals surface area contributed by atoms with Crippen LogP contribution in [-0.4, -0.2) is 20.3 Å². The van der Waals surface area contributed by atoms with Gasteiger partial charge >= 0.3 is 7.60 Å². The second-order valence-electron chi connectivity index (χ2n) is 3.44. The maximum Gasteiger partial charge on any atom is 0.365 e. The minimum Gasteiger partial charge on any atom is -0.503 e. The number of rotatable bonds is 7. The Hall–Kier alpha value is -1.09. The van der Waals surface area contributed by atoms with Crippen molar-refractivity contribution in [1.29, 1.82) is 0 Å². The maximum atomic E-state index is 12.7. The van der Waals surface area contributed by atoms with E-state index in [0.717, 1.165) is 5.56 Å².